The Labute approximate surface area is 222 Å². The molecule has 1 saturated carbocycles. The van der Waals surface area contributed by atoms with Crippen molar-refractivity contribution < 1.29 is 27.9 Å². The van der Waals surface area contributed by atoms with E-state index in [1.54, 1.807) is 32.9 Å². The molecule has 0 radical (unpaired) electrons. The molecule has 9 nitrogen and oxygen atoms in total. The van der Waals surface area contributed by atoms with Crippen molar-refractivity contribution in [2.45, 2.75) is 69.3 Å². The lowest BCUT2D eigenvalue weighted by molar-refractivity contribution is -0.121. The first-order chi connectivity index (χ1) is 17.8. The van der Waals surface area contributed by atoms with Gasteiger partial charge in [0.05, 0.1) is 11.1 Å². The normalized spacial score (nSPS) is 22.4. The van der Waals surface area contributed by atoms with Crippen LogP contribution in [0.25, 0.3) is 5.76 Å². The highest BCUT2D eigenvalue weighted by atomic mass is 32.2. The van der Waals surface area contributed by atoms with Gasteiger partial charge in [-0.25, -0.2) is 4.79 Å². The summed E-state index contributed by atoms with van der Waals surface area (Å²) in [6.07, 6.45) is 3.08. The van der Waals surface area contributed by atoms with Gasteiger partial charge in [-0.2, -0.15) is 8.42 Å². The molecule has 0 spiro atoms. The maximum Gasteiger partial charge on any atom is 0.412 e. The predicted octanol–water partition coefficient (Wildman–Crippen LogP) is 5.55. The van der Waals surface area contributed by atoms with Gasteiger partial charge in [0.2, 0.25) is 0 Å². The van der Waals surface area contributed by atoms with E-state index in [1.807, 2.05) is 19.1 Å². The number of hydrogen-bond acceptors (Lipinski definition) is 7. The van der Waals surface area contributed by atoms with Crippen molar-refractivity contribution in [1.82, 2.24) is 0 Å². The Bertz CT molecular complexity index is 1520. The number of nitrogens with one attached hydrogen (secondary N) is 2. The van der Waals surface area contributed by atoms with Gasteiger partial charge >= 0.3 is 6.09 Å². The van der Waals surface area contributed by atoms with Crippen molar-refractivity contribution in [3.05, 3.63) is 59.2 Å². The number of hydrogen-bond donors (Lipinski definition) is 3. The Morgan fingerprint density at radius 2 is 1.92 bits per heavy atom. The minimum absolute atomic E-state index is 0.143. The SMILES string of the molecule is CC(C)(C)OC(=O)Nc1ccc2c(c1)S(=O)(=O)N=C(C1=C(O)c3ccccc3C(C)(CC3CCC3)C1=O)N2. The Balaban J connectivity index is 1.52. The number of amides is 1. The Kier molecular flexibility index (Phi) is 6.13. The van der Waals surface area contributed by atoms with Crippen molar-refractivity contribution in [2.24, 2.45) is 10.3 Å². The van der Waals surface area contributed by atoms with Gasteiger partial charge in [0.25, 0.3) is 10.0 Å². The van der Waals surface area contributed by atoms with Crippen molar-refractivity contribution >= 4 is 44.9 Å². The summed E-state index contributed by atoms with van der Waals surface area (Å²) in [6, 6.07) is 11.4. The molecule has 0 bridgehead atoms. The fourth-order valence-corrected chi connectivity index (χ4v) is 6.42. The number of aliphatic hydroxyl groups excluding tert-OH is 1. The highest BCUT2D eigenvalue weighted by molar-refractivity contribution is 7.90. The molecule has 3 N–H and O–H groups in total. The number of carbonyl (C=O) groups is 2. The Hall–Kier alpha value is -3.66. The number of nitrogens with zero attached hydrogens (tertiary/aromatic N) is 1. The highest BCUT2D eigenvalue weighted by Crippen LogP contribution is 2.47. The first-order valence-corrected chi connectivity index (χ1v) is 14.1. The van der Waals surface area contributed by atoms with E-state index >= 15 is 0 Å². The highest BCUT2D eigenvalue weighted by Gasteiger charge is 2.48. The summed E-state index contributed by atoms with van der Waals surface area (Å²) in [5, 5.41) is 16.7. The minimum Gasteiger partial charge on any atom is -0.506 e. The van der Waals surface area contributed by atoms with Crippen LogP contribution < -0.4 is 10.6 Å². The number of anilines is 2. The van der Waals surface area contributed by atoms with E-state index < -0.39 is 27.1 Å². The smallest absolute Gasteiger partial charge is 0.412 e. The van der Waals surface area contributed by atoms with Crippen LogP contribution in [0.5, 0.6) is 0 Å². The van der Waals surface area contributed by atoms with Crippen molar-refractivity contribution in [3.63, 3.8) is 0 Å². The van der Waals surface area contributed by atoms with Crippen molar-refractivity contribution in [3.8, 4) is 0 Å². The molecule has 200 valence electrons. The molecule has 5 rings (SSSR count). The number of rotatable bonds is 4. The van der Waals surface area contributed by atoms with Gasteiger partial charge in [-0.05, 0) is 63.8 Å². The number of sulfonamides is 1. The molecule has 2 aromatic rings. The molecule has 1 aliphatic heterocycles. The van der Waals surface area contributed by atoms with Crippen LogP contribution in [0.1, 0.15) is 64.5 Å². The maximum atomic E-state index is 14.0. The molecule has 38 heavy (non-hydrogen) atoms. The second-order valence-corrected chi connectivity index (χ2v) is 12.9. The van der Waals surface area contributed by atoms with Gasteiger partial charge in [-0.1, -0.05) is 43.5 Å². The molecule has 2 aromatic carbocycles. The van der Waals surface area contributed by atoms with Gasteiger partial charge in [-0.3, -0.25) is 10.1 Å². The maximum absolute atomic E-state index is 14.0. The zero-order chi connectivity index (χ0) is 27.5. The predicted molar refractivity (Wildman–Crippen MR) is 145 cm³/mol. The van der Waals surface area contributed by atoms with E-state index in [2.05, 4.69) is 15.0 Å². The standard InChI is InChI=1S/C28H31N3O6S/c1-27(2,3)37-26(34)29-17-12-13-20-21(14-17)38(35,36)31-25(30-20)22-23(32)18-10-5-6-11-19(18)28(4,24(22)33)15-16-8-7-9-16/h5-6,10-14,16,32H,7-9,15H2,1-4H3,(H,29,34)(H,30,31). The molecule has 1 atom stereocenters. The molecule has 1 unspecified atom stereocenters. The van der Waals surface area contributed by atoms with Gasteiger partial charge in [-0.15, -0.1) is 4.40 Å². The molecule has 0 aromatic heterocycles. The van der Waals surface area contributed by atoms with Crippen LogP contribution in [0.15, 0.2) is 57.3 Å². The van der Waals surface area contributed by atoms with Gasteiger partial charge in [0, 0.05) is 11.3 Å². The summed E-state index contributed by atoms with van der Waals surface area (Å²) in [5.74, 6) is -0.499. The van der Waals surface area contributed by atoms with Crippen LogP contribution in [0.3, 0.4) is 0 Å². The van der Waals surface area contributed by atoms with Gasteiger partial charge < -0.3 is 15.2 Å². The zero-order valence-electron chi connectivity index (χ0n) is 21.8. The van der Waals surface area contributed by atoms with E-state index in [0.29, 0.717) is 17.9 Å². The van der Waals surface area contributed by atoms with Crippen LogP contribution in [0, 0.1) is 5.92 Å². The summed E-state index contributed by atoms with van der Waals surface area (Å²) in [5.41, 5.74) is -0.185. The third-order valence-corrected chi connectivity index (χ3v) is 8.59. The summed E-state index contributed by atoms with van der Waals surface area (Å²) >= 11 is 0. The number of ether oxygens (including phenoxy) is 1. The largest absolute Gasteiger partial charge is 0.506 e. The topological polar surface area (TPSA) is 134 Å². The first-order valence-electron chi connectivity index (χ1n) is 12.6. The zero-order valence-corrected chi connectivity index (χ0v) is 22.6. The molecule has 2 aliphatic carbocycles. The molecular weight excluding hydrogens is 506 g/mol. The van der Waals surface area contributed by atoms with Crippen LogP contribution in [0.4, 0.5) is 16.2 Å². The Morgan fingerprint density at radius 3 is 2.58 bits per heavy atom. The average molecular weight is 538 g/mol. The van der Waals surface area contributed by atoms with Crippen LogP contribution in [-0.2, 0) is 25.0 Å². The van der Waals surface area contributed by atoms with Crippen molar-refractivity contribution in [2.75, 3.05) is 10.6 Å². The summed E-state index contributed by atoms with van der Waals surface area (Å²) in [6.45, 7) is 7.02. The van der Waals surface area contributed by atoms with Gasteiger partial charge in [0.1, 0.15) is 21.8 Å². The molecule has 0 saturated heterocycles. The van der Waals surface area contributed by atoms with Crippen molar-refractivity contribution in [1.29, 1.82) is 0 Å². The molecule has 1 fully saturated rings. The van der Waals surface area contributed by atoms with E-state index in [9.17, 15) is 23.1 Å². The monoisotopic (exact) mass is 537 g/mol. The second-order valence-electron chi connectivity index (χ2n) is 11.3. The van der Waals surface area contributed by atoms with E-state index in [1.165, 1.54) is 18.2 Å². The van der Waals surface area contributed by atoms with E-state index in [-0.39, 0.29) is 39.2 Å². The molecule has 10 heteroatoms. The number of amidine groups is 1. The minimum atomic E-state index is -4.28. The summed E-state index contributed by atoms with van der Waals surface area (Å²) < 4.78 is 35.7. The fourth-order valence-electron chi connectivity index (χ4n) is 5.27. The first kappa shape index (κ1) is 26.0. The number of Topliss-reactive ketones (excluding diaryl/α,β-unsaturated/α-hetero) is 1. The second kappa shape index (κ2) is 8.97. The third-order valence-electron chi connectivity index (χ3n) is 7.27. The Morgan fingerprint density at radius 1 is 1.21 bits per heavy atom. The number of ketones is 1. The number of fused-ring (bicyclic) bond motifs is 2. The van der Waals surface area contributed by atoms with Gasteiger partial charge in [0.15, 0.2) is 11.6 Å². The van der Waals surface area contributed by atoms with E-state index in [4.69, 9.17) is 4.74 Å². The molecule has 3 aliphatic rings. The quantitative estimate of drug-likeness (QED) is 0.466. The van der Waals surface area contributed by atoms with Crippen LogP contribution >= 0.6 is 0 Å². The molecule has 1 heterocycles. The fraction of sp³-hybridized carbons (Fsp3) is 0.393. The van der Waals surface area contributed by atoms with Crippen LogP contribution in [-0.4, -0.2) is 36.8 Å². The summed E-state index contributed by atoms with van der Waals surface area (Å²) in [7, 11) is -4.28. The molecule has 1 amide bonds. The van der Waals surface area contributed by atoms with Crippen LogP contribution in [0.2, 0.25) is 0 Å². The number of benzene rings is 2. The van der Waals surface area contributed by atoms with E-state index in [0.717, 1.165) is 24.8 Å². The lowest BCUT2D eigenvalue weighted by Crippen LogP contribution is -2.44. The third kappa shape index (κ3) is 4.57. The number of aliphatic hydroxyl groups is 1. The average Bonchev–Trinajstić information content (AvgIpc) is 2.79. The number of carbonyl (C=O) groups excluding carboxylic acids is 2. The molecular formula is C28H31N3O6S. The summed E-state index contributed by atoms with van der Waals surface area (Å²) in [4.78, 5) is 26.0. The lowest BCUT2D eigenvalue weighted by atomic mass is 9.63. The lowest BCUT2D eigenvalue weighted by Gasteiger charge is -2.40.